The van der Waals surface area contributed by atoms with Gasteiger partial charge in [0.05, 0.1) is 5.69 Å². The molecule has 0 radical (unpaired) electrons. The first-order valence-corrected chi connectivity index (χ1v) is 7.38. The fourth-order valence-electron chi connectivity index (χ4n) is 2.62. The van der Waals surface area contributed by atoms with Crippen molar-refractivity contribution in [1.29, 1.82) is 0 Å². The number of aryl methyl sites for hydroxylation is 2. The van der Waals surface area contributed by atoms with Gasteiger partial charge in [-0.3, -0.25) is 9.59 Å². The Morgan fingerprint density at radius 3 is 2.74 bits per heavy atom. The van der Waals surface area contributed by atoms with E-state index in [2.05, 4.69) is 10.4 Å². The van der Waals surface area contributed by atoms with Crippen molar-refractivity contribution in [2.75, 3.05) is 5.32 Å². The van der Waals surface area contributed by atoms with Gasteiger partial charge in [-0.1, -0.05) is 0 Å². The van der Waals surface area contributed by atoms with E-state index in [0.29, 0.717) is 0 Å². The van der Waals surface area contributed by atoms with Crippen molar-refractivity contribution >= 4 is 11.6 Å². The van der Waals surface area contributed by atoms with Gasteiger partial charge in [-0.25, -0.2) is 13.5 Å². The van der Waals surface area contributed by atoms with Crippen molar-refractivity contribution < 1.29 is 13.6 Å². The highest BCUT2D eigenvalue weighted by Gasteiger charge is 2.15. The molecule has 120 valence electrons. The Balaban J connectivity index is 1.75. The van der Waals surface area contributed by atoms with Crippen LogP contribution < -0.4 is 10.9 Å². The van der Waals surface area contributed by atoms with Gasteiger partial charge in [-0.05, 0) is 43.4 Å². The molecular formula is C16H15F2N3O2. The molecule has 1 amide bonds. The summed E-state index contributed by atoms with van der Waals surface area (Å²) in [7, 11) is 0. The zero-order valence-electron chi connectivity index (χ0n) is 12.3. The molecule has 0 unspecified atom stereocenters. The fraction of sp³-hybridized carbons (Fsp3) is 0.312. The minimum Gasteiger partial charge on any atom is -0.324 e. The molecule has 7 heteroatoms. The second-order valence-electron chi connectivity index (χ2n) is 5.50. The van der Waals surface area contributed by atoms with Crippen LogP contribution in [0.1, 0.15) is 24.1 Å². The molecule has 5 nitrogen and oxygen atoms in total. The summed E-state index contributed by atoms with van der Waals surface area (Å²) in [6.07, 6.45) is 3.67. The number of nitrogens with zero attached hydrogens (tertiary/aromatic N) is 2. The number of benzene rings is 1. The lowest BCUT2D eigenvalue weighted by atomic mass is 9.97. The summed E-state index contributed by atoms with van der Waals surface area (Å²) in [5.41, 5.74) is 1.57. The second-order valence-corrected chi connectivity index (χ2v) is 5.50. The molecule has 0 saturated heterocycles. The number of halogens is 2. The summed E-state index contributed by atoms with van der Waals surface area (Å²) in [5, 5.41) is 6.66. The quantitative estimate of drug-likeness (QED) is 0.941. The maximum Gasteiger partial charge on any atom is 0.267 e. The van der Waals surface area contributed by atoms with Gasteiger partial charge >= 0.3 is 0 Å². The molecule has 0 bridgehead atoms. The molecule has 1 aromatic heterocycles. The Morgan fingerprint density at radius 2 is 1.96 bits per heavy atom. The standard InChI is InChI=1S/C16H15F2N3O2/c17-12-6-5-11(8-13(12)18)19-15(22)9-21-16(23)7-10-3-1-2-4-14(10)20-21/h5-8H,1-4,9H2,(H,19,22). The fourth-order valence-corrected chi connectivity index (χ4v) is 2.62. The number of carbonyl (C=O) groups is 1. The van der Waals surface area contributed by atoms with E-state index in [1.165, 1.54) is 12.1 Å². The lowest BCUT2D eigenvalue weighted by molar-refractivity contribution is -0.117. The van der Waals surface area contributed by atoms with Crippen molar-refractivity contribution in [2.24, 2.45) is 0 Å². The molecule has 0 saturated carbocycles. The Bertz CT molecular complexity index is 817. The maximum absolute atomic E-state index is 13.1. The second kappa shape index (κ2) is 6.28. The molecular weight excluding hydrogens is 304 g/mol. The zero-order chi connectivity index (χ0) is 16.4. The van der Waals surface area contributed by atoms with E-state index >= 15 is 0 Å². The van der Waals surface area contributed by atoms with Crippen molar-refractivity contribution in [3.8, 4) is 0 Å². The minimum absolute atomic E-state index is 0.125. The van der Waals surface area contributed by atoms with Crippen LogP contribution >= 0.6 is 0 Å². The van der Waals surface area contributed by atoms with Crippen molar-refractivity contribution in [3.63, 3.8) is 0 Å². The Kier molecular flexibility index (Phi) is 4.18. The number of amides is 1. The third-order valence-electron chi connectivity index (χ3n) is 3.77. The van der Waals surface area contributed by atoms with Gasteiger partial charge in [0.25, 0.3) is 5.56 Å². The first kappa shape index (κ1) is 15.3. The highest BCUT2D eigenvalue weighted by Crippen LogP contribution is 2.17. The van der Waals surface area contributed by atoms with Crippen molar-refractivity contribution in [3.05, 3.63) is 57.5 Å². The predicted octanol–water partition coefficient (Wildman–Crippen LogP) is 2.04. The Labute approximate surface area is 130 Å². The first-order chi connectivity index (χ1) is 11.0. The van der Waals surface area contributed by atoms with Crippen LogP contribution in [0.25, 0.3) is 0 Å². The molecule has 0 spiro atoms. The largest absolute Gasteiger partial charge is 0.324 e. The number of hydrogen-bond donors (Lipinski definition) is 1. The topological polar surface area (TPSA) is 64.0 Å². The van der Waals surface area contributed by atoms with Gasteiger partial charge < -0.3 is 5.32 Å². The van der Waals surface area contributed by atoms with Crippen LogP contribution in [0.4, 0.5) is 14.5 Å². The number of fused-ring (bicyclic) bond motifs is 1. The van der Waals surface area contributed by atoms with Crippen LogP contribution in [-0.4, -0.2) is 15.7 Å². The van der Waals surface area contributed by atoms with Crippen molar-refractivity contribution in [2.45, 2.75) is 32.2 Å². The summed E-state index contributed by atoms with van der Waals surface area (Å²) in [5.74, 6) is -2.57. The highest BCUT2D eigenvalue weighted by molar-refractivity contribution is 5.90. The molecule has 1 heterocycles. The van der Waals surface area contributed by atoms with Crippen molar-refractivity contribution in [1.82, 2.24) is 9.78 Å². The van der Waals surface area contributed by atoms with Gasteiger partial charge in [0, 0.05) is 17.8 Å². The number of aromatic nitrogens is 2. The lowest BCUT2D eigenvalue weighted by Gasteiger charge is -2.15. The molecule has 1 aromatic carbocycles. The molecule has 1 aliphatic rings. The number of carbonyl (C=O) groups excluding carboxylic acids is 1. The van der Waals surface area contributed by atoms with E-state index in [0.717, 1.165) is 53.8 Å². The summed E-state index contributed by atoms with van der Waals surface area (Å²) < 4.78 is 27.1. The van der Waals surface area contributed by atoms with E-state index < -0.39 is 17.5 Å². The summed E-state index contributed by atoms with van der Waals surface area (Å²) in [6.45, 7) is -0.273. The lowest BCUT2D eigenvalue weighted by Crippen LogP contribution is -2.31. The molecule has 1 aliphatic carbocycles. The molecule has 3 rings (SSSR count). The van der Waals surface area contributed by atoms with Crippen LogP contribution in [0, 0.1) is 11.6 Å². The van der Waals surface area contributed by atoms with E-state index in [-0.39, 0.29) is 17.8 Å². The third kappa shape index (κ3) is 3.44. The average Bonchev–Trinajstić information content (AvgIpc) is 2.51. The average molecular weight is 319 g/mol. The van der Waals surface area contributed by atoms with Gasteiger partial charge in [0.2, 0.25) is 5.91 Å². The van der Waals surface area contributed by atoms with E-state index in [1.54, 1.807) is 0 Å². The third-order valence-corrected chi connectivity index (χ3v) is 3.77. The smallest absolute Gasteiger partial charge is 0.267 e. The minimum atomic E-state index is -1.05. The van der Waals surface area contributed by atoms with Crippen LogP contribution in [0.2, 0.25) is 0 Å². The number of nitrogens with one attached hydrogen (secondary N) is 1. The highest BCUT2D eigenvalue weighted by atomic mass is 19.2. The number of hydrogen-bond acceptors (Lipinski definition) is 3. The normalized spacial score (nSPS) is 13.5. The molecule has 0 atom stereocenters. The van der Waals surface area contributed by atoms with Gasteiger partial charge in [0.15, 0.2) is 11.6 Å². The van der Waals surface area contributed by atoms with Crippen LogP contribution in [-0.2, 0) is 24.2 Å². The van der Waals surface area contributed by atoms with E-state index in [9.17, 15) is 18.4 Å². The zero-order valence-corrected chi connectivity index (χ0v) is 12.3. The number of anilines is 1. The summed E-state index contributed by atoms with van der Waals surface area (Å²) >= 11 is 0. The first-order valence-electron chi connectivity index (χ1n) is 7.38. The SMILES string of the molecule is O=C(Cn1nc2c(cc1=O)CCCC2)Nc1ccc(F)c(F)c1. The predicted molar refractivity (Wildman–Crippen MR) is 80.1 cm³/mol. The molecule has 23 heavy (non-hydrogen) atoms. The van der Waals surface area contributed by atoms with Crippen LogP contribution in [0.3, 0.4) is 0 Å². The van der Waals surface area contributed by atoms with Gasteiger partial charge in [-0.15, -0.1) is 0 Å². The molecule has 0 fully saturated rings. The monoisotopic (exact) mass is 319 g/mol. The van der Waals surface area contributed by atoms with Gasteiger partial charge in [-0.2, -0.15) is 5.10 Å². The number of rotatable bonds is 3. The van der Waals surface area contributed by atoms with Crippen LogP contribution in [0.15, 0.2) is 29.1 Å². The summed E-state index contributed by atoms with van der Waals surface area (Å²) in [6, 6.07) is 4.58. The van der Waals surface area contributed by atoms with E-state index in [1.807, 2.05) is 0 Å². The molecule has 1 N–H and O–H groups in total. The Hall–Kier alpha value is -2.57. The maximum atomic E-state index is 13.1. The molecule has 0 aliphatic heterocycles. The van der Waals surface area contributed by atoms with Crippen LogP contribution in [0.5, 0.6) is 0 Å². The summed E-state index contributed by atoms with van der Waals surface area (Å²) in [4.78, 5) is 24.0. The molecule has 2 aromatic rings. The Morgan fingerprint density at radius 1 is 1.17 bits per heavy atom. The van der Waals surface area contributed by atoms with E-state index in [4.69, 9.17) is 0 Å². The van der Waals surface area contributed by atoms with Gasteiger partial charge in [0.1, 0.15) is 6.54 Å².